The zero-order valence-corrected chi connectivity index (χ0v) is 15.8. The number of carbonyl (C=O) groups is 1. The molecule has 1 N–H and O–H groups in total. The number of aromatic nitrogens is 2. The monoisotopic (exact) mass is 355 g/mol. The van der Waals surface area contributed by atoms with E-state index in [0.717, 1.165) is 32.1 Å². The summed E-state index contributed by atoms with van der Waals surface area (Å²) < 4.78 is 1.40. The first-order valence-electron chi connectivity index (χ1n) is 8.14. The van der Waals surface area contributed by atoms with Crippen molar-refractivity contribution in [2.24, 2.45) is 0 Å². The molecule has 1 aromatic carbocycles. The van der Waals surface area contributed by atoms with E-state index in [1.54, 1.807) is 6.92 Å². The van der Waals surface area contributed by atoms with Gasteiger partial charge >= 0.3 is 0 Å². The van der Waals surface area contributed by atoms with E-state index in [9.17, 15) is 9.59 Å². The van der Waals surface area contributed by atoms with Gasteiger partial charge in [-0.25, -0.2) is 4.98 Å². The highest BCUT2D eigenvalue weighted by atomic mass is 32.1. The standard InChI is InChI=1S/C19H21N3O2S/c1-10-6-7-15(11(2)8-10)21-17(23)13(4)22-9-20-18-16(19(22)24)12(3)14(5)25-18/h6-9,13H,1-5H3,(H,21,23). The molecule has 0 aliphatic carbocycles. The van der Waals surface area contributed by atoms with Crippen molar-refractivity contribution in [1.29, 1.82) is 0 Å². The van der Waals surface area contributed by atoms with Crippen LogP contribution >= 0.6 is 11.3 Å². The van der Waals surface area contributed by atoms with Gasteiger partial charge in [-0.2, -0.15) is 0 Å². The first kappa shape index (κ1) is 17.4. The number of thiophene rings is 1. The average molecular weight is 355 g/mol. The van der Waals surface area contributed by atoms with E-state index < -0.39 is 6.04 Å². The van der Waals surface area contributed by atoms with E-state index in [1.165, 1.54) is 22.2 Å². The Kier molecular flexibility index (Phi) is 4.47. The Labute approximate surface area is 150 Å². The third kappa shape index (κ3) is 3.09. The Morgan fingerprint density at radius 2 is 1.96 bits per heavy atom. The van der Waals surface area contributed by atoms with Gasteiger partial charge in [-0.15, -0.1) is 11.3 Å². The van der Waals surface area contributed by atoms with E-state index in [2.05, 4.69) is 10.3 Å². The Balaban J connectivity index is 1.95. The maximum absolute atomic E-state index is 12.8. The minimum Gasteiger partial charge on any atom is -0.324 e. The SMILES string of the molecule is Cc1ccc(NC(=O)C(C)n2cnc3sc(C)c(C)c3c2=O)c(C)c1. The van der Waals surface area contributed by atoms with E-state index in [-0.39, 0.29) is 11.5 Å². The van der Waals surface area contributed by atoms with Crippen molar-refractivity contribution in [2.75, 3.05) is 5.32 Å². The van der Waals surface area contributed by atoms with Crippen LogP contribution in [-0.2, 0) is 4.79 Å². The fourth-order valence-corrected chi connectivity index (χ4v) is 3.83. The largest absolute Gasteiger partial charge is 0.324 e. The van der Waals surface area contributed by atoms with Gasteiger partial charge in [0.2, 0.25) is 5.91 Å². The molecular weight excluding hydrogens is 334 g/mol. The van der Waals surface area contributed by atoms with Crippen LogP contribution in [0.5, 0.6) is 0 Å². The number of amides is 1. The van der Waals surface area contributed by atoms with Gasteiger partial charge in [-0.1, -0.05) is 17.7 Å². The van der Waals surface area contributed by atoms with Crippen LogP contribution in [0.25, 0.3) is 10.2 Å². The molecule has 0 radical (unpaired) electrons. The first-order valence-corrected chi connectivity index (χ1v) is 8.96. The molecule has 0 aliphatic heterocycles. The minimum absolute atomic E-state index is 0.171. The summed E-state index contributed by atoms with van der Waals surface area (Å²) in [7, 11) is 0. The van der Waals surface area contributed by atoms with Gasteiger partial charge in [0.05, 0.1) is 11.7 Å². The maximum Gasteiger partial charge on any atom is 0.263 e. The second-order valence-corrected chi connectivity index (χ2v) is 7.61. The number of fused-ring (bicyclic) bond motifs is 1. The highest BCUT2D eigenvalue weighted by molar-refractivity contribution is 7.18. The van der Waals surface area contributed by atoms with E-state index in [1.807, 2.05) is 45.9 Å². The summed E-state index contributed by atoms with van der Waals surface area (Å²) in [6, 6.07) is 5.19. The van der Waals surface area contributed by atoms with E-state index in [0.29, 0.717) is 5.39 Å². The predicted octanol–water partition coefficient (Wildman–Crippen LogP) is 3.89. The Hall–Kier alpha value is -2.47. The van der Waals surface area contributed by atoms with Gasteiger partial charge in [0.15, 0.2) is 0 Å². The van der Waals surface area contributed by atoms with Gasteiger partial charge in [0.25, 0.3) is 5.56 Å². The molecule has 130 valence electrons. The second-order valence-electron chi connectivity index (χ2n) is 6.40. The van der Waals surface area contributed by atoms with Crippen LogP contribution in [0.2, 0.25) is 0 Å². The van der Waals surface area contributed by atoms with Crippen LogP contribution in [0.3, 0.4) is 0 Å². The average Bonchev–Trinajstić information content (AvgIpc) is 2.85. The second kappa shape index (κ2) is 6.44. The van der Waals surface area contributed by atoms with Gasteiger partial charge in [0, 0.05) is 10.6 Å². The number of nitrogens with one attached hydrogen (secondary N) is 1. The maximum atomic E-state index is 12.8. The van der Waals surface area contributed by atoms with Crippen LogP contribution in [0.15, 0.2) is 29.3 Å². The molecule has 3 aromatic rings. The highest BCUT2D eigenvalue weighted by Gasteiger charge is 2.20. The van der Waals surface area contributed by atoms with Crippen LogP contribution in [0.1, 0.15) is 34.5 Å². The fourth-order valence-electron chi connectivity index (χ4n) is 2.84. The molecule has 1 amide bonds. The van der Waals surface area contributed by atoms with E-state index >= 15 is 0 Å². The van der Waals surface area contributed by atoms with Crippen molar-refractivity contribution in [2.45, 2.75) is 40.7 Å². The molecule has 0 bridgehead atoms. The quantitative estimate of drug-likeness (QED) is 0.775. The fraction of sp³-hybridized carbons (Fsp3) is 0.316. The number of anilines is 1. The van der Waals surface area contributed by atoms with E-state index in [4.69, 9.17) is 0 Å². The number of benzene rings is 1. The molecule has 25 heavy (non-hydrogen) atoms. The van der Waals surface area contributed by atoms with Gasteiger partial charge in [-0.3, -0.25) is 14.2 Å². The highest BCUT2D eigenvalue weighted by Crippen LogP contribution is 2.26. The van der Waals surface area contributed by atoms with Crippen molar-refractivity contribution < 1.29 is 4.79 Å². The molecule has 0 fully saturated rings. The van der Waals surface area contributed by atoms with Crippen LogP contribution in [-0.4, -0.2) is 15.5 Å². The third-order valence-corrected chi connectivity index (χ3v) is 5.67. The smallest absolute Gasteiger partial charge is 0.263 e. The lowest BCUT2D eigenvalue weighted by Gasteiger charge is -2.16. The Morgan fingerprint density at radius 1 is 1.24 bits per heavy atom. The van der Waals surface area contributed by atoms with Crippen molar-refractivity contribution >= 4 is 33.1 Å². The molecule has 0 saturated heterocycles. The van der Waals surface area contributed by atoms with Crippen molar-refractivity contribution in [3.8, 4) is 0 Å². The summed E-state index contributed by atoms with van der Waals surface area (Å²) in [5.41, 5.74) is 3.65. The lowest BCUT2D eigenvalue weighted by Crippen LogP contribution is -2.32. The summed E-state index contributed by atoms with van der Waals surface area (Å²) in [4.78, 5) is 31.6. The lowest BCUT2D eigenvalue weighted by molar-refractivity contribution is -0.118. The molecule has 2 heterocycles. The zero-order valence-electron chi connectivity index (χ0n) is 15.0. The van der Waals surface area contributed by atoms with Crippen LogP contribution in [0, 0.1) is 27.7 Å². The lowest BCUT2D eigenvalue weighted by atomic mass is 10.1. The third-order valence-electron chi connectivity index (χ3n) is 4.55. The zero-order chi connectivity index (χ0) is 18.3. The summed E-state index contributed by atoms with van der Waals surface area (Å²) >= 11 is 1.50. The summed E-state index contributed by atoms with van der Waals surface area (Å²) in [5.74, 6) is -0.236. The molecule has 3 rings (SSSR count). The number of carbonyl (C=O) groups excluding carboxylic acids is 1. The van der Waals surface area contributed by atoms with Gasteiger partial charge < -0.3 is 5.32 Å². The molecule has 0 saturated carbocycles. The normalized spacial score (nSPS) is 12.4. The topological polar surface area (TPSA) is 64.0 Å². The molecule has 1 unspecified atom stereocenters. The number of nitrogens with zero attached hydrogens (tertiary/aromatic N) is 2. The number of hydrogen-bond donors (Lipinski definition) is 1. The van der Waals surface area contributed by atoms with Crippen LogP contribution < -0.4 is 10.9 Å². The van der Waals surface area contributed by atoms with Gasteiger partial charge in [-0.05, 0) is 51.8 Å². The Morgan fingerprint density at radius 3 is 2.64 bits per heavy atom. The molecule has 2 aromatic heterocycles. The summed E-state index contributed by atoms with van der Waals surface area (Å²) in [6.45, 7) is 9.56. The molecule has 6 heteroatoms. The molecule has 5 nitrogen and oxygen atoms in total. The van der Waals surface area contributed by atoms with Crippen molar-refractivity contribution in [1.82, 2.24) is 9.55 Å². The van der Waals surface area contributed by atoms with Crippen LogP contribution in [0.4, 0.5) is 5.69 Å². The molecule has 0 aliphatic rings. The first-order chi connectivity index (χ1) is 11.8. The Bertz CT molecular complexity index is 1030. The van der Waals surface area contributed by atoms with Crippen molar-refractivity contribution in [3.63, 3.8) is 0 Å². The summed E-state index contributed by atoms with van der Waals surface area (Å²) in [5, 5.41) is 3.51. The number of rotatable bonds is 3. The number of aryl methyl sites for hydroxylation is 4. The molecule has 1 atom stereocenters. The van der Waals surface area contributed by atoms with Crippen molar-refractivity contribution in [3.05, 3.63) is 56.4 Å². The van der Waals surface area contributed by atoms with Gasteiger partial charge in [0.1, 0.15) is 10.9 Å². The predicted molar refractivity (Wildman–Crippen MR) is 103 cm³/mol. The number of hydrogen-bond acceptors (Lipinski definition) is 4. The molecule has 0 spiro atoms. The minimum atomic E-state index is -0.648. The summed E-state index contributed by atoms with van der Waals surface area (Å²) in [6.07, 6.45) is 1.46. The molecular formula is C19H21N3O2S.